The molecule has 1 aliphatic rings. The predicted octanol–water partition coefficient (Wildman–Crippen LogP) is 3.12. The minimum Gasteiger partial charge on any atom is -0.496 e. The third-order valence-corrected chi connectivity index (χ3v) is 4.79. The molecule has 2 atom stereocenters. The summed E-state index contributed by atoms with van der Waals surface area (Å²) >= 11 is 0. The topological polar surface area (TPSA) is 42.0 Å². The van der Waals surface area contributed by atoms with Gasteiger partial charge in [-0.3, -0.25) is 4.79 Å². The maximum atomic E-state index is 14.5. The van der Waals surface area contributed by atoms with E-state index in [1.165, 1.54) is 13.2 Å². The lowest BCUT2D eigenvalue weighted by atomic mass is 9.96. The van der Waals surface area contributed by atoms with Gasteiger partial charge in [0.05, 0.1) is 25.9 Å². The Morgan fingerprint density at radius 2 is 1.93 bits per heavy atom. The molecule has 1 amide bonds. The molecule has 2 aromatic carbocycles. The number of nitrogens with zero attached hydrogens (tertiary/aromatic N) is 2. The molecule has 0 N–H and O–H groups in total. The van der Waals surface area contributed by atoms with Crippen molar-refractivity contribution >= 4 is 5.91 Å². The molecular weight excluding hydrogens is 366 g/mol. The largest absolute Gasteiger partial charge is 0.496 e. The first kappa shape index (κ1) is 20.2. The van der Waals surface area contributed by atoms with Crippen LogP contribution in [0, 0.1) is 11.6 Å². The van der Waals surface area contributed by atoms with E-state index in [4.69, 9.17) is 9.47 Å². The standard InChI is InChI=1S/C21H24F2N2O3/c1-24(2)13-17-20(14-7-5-4-6-8-14)25(11-12-28-17)21(26)18-16(27-3)10-9-15(22)19(18)23/h4-10,17,20H,11-13H2,1-3H3/t17-,20-/m0/s1. The molecule has 1 saturated heterocycles. The number of carbonyl (C=O) groups is 1. The molecule has 1 aliphatic heterocycles. The number of morpholine rings is 1. The fourth-order valence-electron chi connectivity index (χ4n) is 3.56. The average molecular weight is 390 g/mol. The lowest BCUT2D eigenvalue weighted by Crippen LogP contribution is -2.51. The second kappa shape index (κ2) is 8.67. The molecule has 0 bridgehead atoms. The number of rotatable bonds is 5. The van der Waals surface area contributed by atoms with Crippen molar-refractivity contribution in [3.63, 3.8) is 0 Å². The van der Waals surface area contributed by atoms with Crippen molar-refractivity contribution in [2.24, 2.45) is 0 Å². The number of hydrogen-bond donors (Lipinski definition) is 0. The lowest BCUT2D eigenvalue weighted by Gasteiger charge is -2.42. The molecule has 0 aliphatic carbocycles. The molecule has 7 heteroatoms. The van der Waals surface area contributed by atoms with Gasteiger partial charge >= 0.3 is 0 Å². The summed E-state index contributed by atoms with van der Waals surface area (Å²) in [6.45, 7) is 1.15. The van der Waals surface area contributed by atoms with Crippen molar-refractivity contribution in [1.29, 1.82) is 0 Å². The first-order chi connectivity index (χ1) is 13.4. The average Bonchev–Trinajstić information content (AvgIpc) is 2.69. The number of amides is 1. The van der Waals surface area contributed by atoms with Crippen molar-refractivity contribution in [3.05, 3.63) is 65.2 Å². The van der Waals surface area contributed by atoms with Crippen molar-refractivity contribution in [2.75, 3.05) is 40.9 Å². The van der Waals surface area contributed by atoms with Gasteiger partial charge in [0.15, 0.2) is 11.6 Å². The summed E-state index contributed by atoms with van der Waals surface area (Å²) in [5.74, 6) is -2.90. The Morgan fingerprint density at radius 3 is 2.57 bits per heavy atom. The summed E-state index contributed by atoms with van der Waals surface area (Å²) in [7, 11) is 5.16. The van der Waals surface area contributed by atoms with Crippen LogP contribution >= 0.6 is 0 Å². The molecule has 0 saturated carbocycles. The van der Waals surface area contributed by atoms with Crippen LogP contribution in [0.15, 0.2) is 42.5 Å². The van der Waals surface area contributed by atoms with Crippen LogP contribution < -0.4 is 4.74 Å². The van der Waals surface area contributed by atoms with E-state index in [2.05, 4.69) is 0 Å². The van der Waals surface area contributed by atoms with Gasteiger partial charge in [-0.2, -0.15) is 0 Å². The molecule has 28 heavy (non-hydrogen) atoms. The Labute approximate surface area is 163 Å². The van der Waals surface area contributed by atoms with E-state index >= 15 is 0 Å². The van der Waals surface area contributed by atoms with E-state index in [1.54, 1.807) is 4.90 Å². The zero-order chi connectivity index (χ0) is 20.3. The van der Waals surface area contributed by atoms with Gasteiger partial charge in [-0.15, -0.1) is 0 Å². The monoisotopic (exact) mass is 390 g/mol. The van der Waals surface area contributed by atoms with Gasteiger partial charge in [-0.25, -0.2) is 8.78 Å². The Balaban J connectivity index is 2.05. The van der Waals surface area contributed by atoms with Gasteiger partial charge in [-0.05, 0) is 31.8 Å². The summed E-state index contributed by atoms with van der Waals surface area (Å²) in [6, 6.07) is 11.2. The molecule has 0 aromatic heterocycles. The SMILES string of the molecule is COc1ccc(F)c(F)c1C(=O)N1CCO[C@@H](CN(C)C)[C@@H]1c1ccccc1. The fraction of sp³-hybridized carbons (Fsp3) is 0.381. The van der Waals surface area contributed by atoms with Crippen LogP contribution in [0.4, 0.5) is 8.78 Å². The van der Waals surface area contributed by atoms with E-state index in [9.17, 15) is 13.6 Å². The van der Waals surface area contributed by atoms with E-state index in [-0.39, 0.29) is 18.4 Å². The maximum absolute atomic E-state index is 14.5. The van der Waals surface area contributed by atoms with E-state index in [0.29, 0.717) is 13.2 Å². The van der Waals surface area contributed by atoms with E-state index in [1.807, 2.05) is 49.3 Å². The Kier molecular flexibility index (Phi) is 6.26. The Bertz CT molecular complexity index is 830. The number of methoxy groups -OCH3 is 1. The minimum absolute atomic E-state index is 0.00589. The number of carbonyl (C=O) groups excluding carboxylic acids is 1. The molecule has 0 spiro atoms. The zero-order valence-electron chi connectivity index (χ0n) is 16.2. The number of ether oxygens (including phenoxy) is 2. The van der Waals surface area contributed by atoms with Crippen LogP contribution in [0.1, 0.15) is 22.0 Å². The molecule has 3 rings (SSSR count). The summed E-state index contributed by atoms with van der Waals surface area (Å²) < 4.78 is 39.5. The third kappa shape index (κ3) is 4.00. The minimum atomic E-state index is -1.20. The van der Waals surface area contributed by atoms with E-state index in [0.717, 1.165) is 11.6 Å². The molecule has 150 valence electrons. The molecule has 5 nitrogen and oxygen atoms in total. The Hall–Kier alpha value is -2.51. The molecule has 1 heterocycles. The highest BCUT2D eigenvalue weighted by Gasteiger charge is 2.39. The normalized spacial score (nSPS) is 19.7. The summed E-state index contributed by atoms with van der Waals surface area (Å²) in [6.07, 6.45) is -0.308. The number of halogens is 2. The molecule has 0 radical (unpaired) electrons. The molecular formula is C21H24F2N2O3. The maximum Gasteiger partial charge on any atom is 0.261 e. The predicted molar refractivity (Wildman–Crippen MR) is 101 cm³/mol. The Morgan fingerprint density at radius 1 is 1.21 bits per heavy atom. The lowest BCUT2D eigenvalue weighted by molar-refractivity contribution is -0.0686. The highest BCUT2D eigenvalue weighted by Crippen LogP contribution is 2.34. The summed E-state index contributed by atoms with van der Waals surface area (Å²) in [4.78, 5) is 16.9. The van der Waals surface area contributed by atoms with Gasteiger partial charge in [0, 0.05) is 13.1 Å². The van der Waals surface area contributed by atoms with Gasteiger partial charge in [0.1, 0.15) is 11.3 Å². The van der Waals surface area contributed by atoms with E-state index < -0.39 is 29.1 Å². The number of likely N-dealkylation sites (N-methyl/N-ethyl adjacent to an activating group) is 1. The van der Waals surface area contributed by atoms with Crippen LogP contribution in [0.3, 0.4) is 0 Å². The van der Waals surface area contributed by atoms with Crippen molar-refractivity contribution in [3.8, 4) is 5.75 Å². The van der Waals surface area contributed by atoms with Gasteiger partial charge < -0.3 is 19.3 Å². The van der Waals surface area contributed by atoms with Crippen LogP contribution in [-0.2, 0) is 4.74 Å². The van der Waals surface area contributed by atoms with Crippen molar-refractivity contribution < 1.29 is 23.0 Å². The molecule has 0 unspecified atom stereocenters. The van der Waals surface area contributed by atoms with Gasteiger partial charge in [-0.1, -0.05) is 30.3 Å². The quantitative estimate of drug-likeness (QED) is 0.787. The van der Waals surface area contributed by atoms with Crippen LogP contribution in [0.5, 0.6) is 5.75 Å². The molecule has 1 fully saturated rings. The third-order valence-electron chi connectivity index (χ3n) is 4.79. The first-order valence-corrected chi connectivity index (χ1v) is 9.08. The number of hydrogen-bond acceptors (Lipinski definition) is 4. The smallest absolute Gasteiger partial charge is 0.261 e. The van der Waals surface area contributed by atoms with Crippen LogP contribution in [0.25, 0.3) is 0 Å². The second-order valence-corrected chi connectivity index (χ2v) is 6.96. The number of benzene rings is 2. The second-order valence-electron chi connectivity index (χ2n) is 6.96. The summed E-state index contributed by atoms with van der Waals surface area (Å²) in [5, 5.41) is 0. The van der Waals surface area contributed by atoms with Gasteiger partial charge in [0.2, 0.25) is 0 Å². The van der Waals surface area contributed by atoms with Crippen molar-refractivity contribution in [2.45, 2.75) is 12.1 Å². The highest BCUT2D eigenvalue weighted by molar-refractivity contribution is 5.97. The van der Waals surface area contributed by atoms with Crippen LogP contribution in [-0.4, -0.2) is 62.7 Å². The fourth-order valence-corrected chi connectivity index (χ4v) is 3.56. The first-order valence-electron chi connectivity index (χ1n) is 9.08. The summed E-state index contributed by atoms with van der Waals surface area (Å²) in [5.41, 5.74) is 0.479. The zero-order valence-corrected chi connectivity index (χ0v) is 16.2. The molecule has 2 aromatic rings. The van der Waals surface area contributed by atoms with Crippen LogP contribution in [0.2, 0.25) is 0 Å². The van der Waals surface area contributed by atoms with Crippen molar-refractivity contribution in [1.82, 2.24) is 9.80 Å². The highest BCUT2D eigenvalue weighted by atomic mass is 19.2. The van der Waals surface area contributed by atoms with Gasteiger partial charge in [0.25, 0.3) is 5.91 Å².